The molecule has 0 aliphatic heterocycles. The van der Waals surface area contributed by atoms with Gasteiger partial charge in [-0.25, -0.2) is 4.98 Å². The number of aromatic nitrogens is 2. The van der Waals surface area contributed by atoms with Crippen LogP contribution in [0.5, 0.6) is 5.75 Å². The summed E-state index contributed by atoms with van der Waals surface area (Å²) in [6.07, 6.45) is 3.17. The highest BCUT2D eigenvalue weighted by molar-refractivity contribution is 6.30. The van der Waals surface area contributed by atoms with Crippen molar-refractivity contribution in [3.63, 3.8) is 0 Å². The molecule has 124 valence electrons. The van der Waals surface area contributed by atoms with Crippen LogP contribution in [-0.2, 0) is 6.42 Å². The molecular weight excluding hydrogens is 328 g/mol. The number of aliphatic hydroxyl groups excluding tert-OH is 1. The van der Waals surface area contributed by atoms with Crippen molar-refractivity contribution in [2.24, 2.45) is 0 Å². The van der Waals surface area contributed by atoms with Crippen molar-refractivity contribution in [3.8, 4) is 11.4 Å². The second-order valence-corrected chi connectivity index (χ2v) is 5.94. The number of unbranched alkanes of at least 4 members (excludes halogenated alkanes) is 1. The predicted octanol–water partition coefficient (Wildman–Crippen LogP) is 3.06. The summed E-state index contributed by atoms with van der Waals surface area (Å²) in [5.74, 6) is -0.0359. The summed E-state index contributed by atoms with van der Waals surface area (Å²) >= 11 is 5.93. The van der Waals surface area contributed by atoms with E-state index in [9.17, 15) is 9.90 Å². The summed E-state index contributed by atoms with van der Waals surface area (Å²) in [6.45, 7) is 0.0568. The molecule has 0 aliphatic carbocycles. The number of halogens is 1. The summed E-state index contributed by atoms with van der Waals surface area (Å²) in [7, 11) is 0. The number of nitrogens with zero attached hydrogens (tertiary/aromatic N) is 2. The molecule has 3 rings (SSSR count). The highest BCUT2D eigenvalue weighted by Gasteiger charge is 2.17. The maximum Gasteiger partial charge on any atom is 0.263 e. The van der Waals surface area contributed by atoms with Crippen LogP contribution >= 0.6 is 11.6 Å². The van der Waals surface area contributed by atoms with E-state index >= 15 is 0 Å². The summed E-state index contributed by atoms with van der Waals surface area (Å²) < 4.78 is 1.49. The average Bonchev–Trinajstić information content (AvgIpc) is 2.60. The number of hydrogen-bond donors (Lipinski definition) is 2. The molecule has 2 N–H and O–H groups in total. The molecule has 1 aromatic carbocycles. The number of aromatic hydroxyl groups is 1. The zero-order valence-corrected chi connectivity index (χ0v) is 13.7. The number of benzene rings is 1. The van der Waals surface area contributed by atoms with E-state index < -0.39 is 0 Å². The number of pyridine rings is 2. The van der Waals surface area contributed by atoms with Gasteiger partial charge in [0.1, 0.15) is 5.75 Å². The zero-order valence-electron chi connectivity index (χ0n) is 12.9. The Bertz CT molecular complexity index is 920. The summed E-state index contributed by atoms with van der Waals surface area (Å²) in [5, 5.41) is 20.5. The van der Waals surface area contributed by atoms with Gasteiger partial charge in [0.2, 0.25) is 0 Å². The fraction of sp³-hybridized carbons (Fsp3) is 0.222. The van der Waals surface area contributed by atoms with Crippen molar-refractivity contribution in [2.75, 3.05) is 6.61 Å². The molecule has 6 heteroatoms. The monoisotopic (exact) mass is 344 g/mol. The molecule has 0 spiro atoms. The molecule has 0 saturated carbocycles. The van der Waals surface area contributed by atoms with Gasteiger partial charge in [-0.1, -0.05) is 11.6 Å². The highest BCUT2D eigenvalue weighted by Crippen LogP contribution is 2.27. The summed E-state index contributed by atoms with van der Waals surface area (Å²) in [4.78, 5) is 17.2. The minimum Gasteiger partial charge on any atom is -0.507 e. The molecule has 0 amide bonds. The van der Waals surface area contributed by atoms with Crippen molar-refractivity contribution in [2.45, 2.75) is 19.3 Å². The van der Waals surface area contributed by atoms with E-state index in [1.165, 1.54) is 4.57 Å². The van der Waals surface area contributed by atoms with E-state index in [2.05, 4.69) is 4.98 Å². The first-order valence-electron chi connectivity index (χ1n) is 7.72. The van der Waals surface area contributed by atoms with E-state index in [4.69, 9.17) is 16.7 Å². The predicted molar refractivity (Wildman–Crippen MR) is 94.0 cm³/mol. The Morgan fingerprint density at radius 3 is 2.58 bits per heavy atom. The van der Waals surface area contributed by atoms with Gasteiger partial charge in [-0.15, -0.1) is 0 Å². The molecule has 2 heterocycles. The Balaban J connectivity index is 2.26. The number of hydrogen-bond acceptors (Lipinski definition) is 4. The third kappa shape index (κ3) is 3.00. The van der Waals surface area contributed by atoms with Crippen molar-refractivity contribution in [1.82, 2.24) is 9.55 Å². The van der Waals surface area contributed by atoms with E-state index in [-0.39, 0.29) is 17.9 Å². The van der Waals surface area contributed by atoms with Crippen molar-refractivity contribution < 1.29 is 10.2 Å². The van der Waals surface area contributed by atoms with Gasteiger partial charge in [-0.05, 0) is 55.7 Å². The molecule has 0 unspecified atom stereocenters. The minimum atomic E-state index is -0.307. The summed E-state index contributed by atoms with van der Waals surface area (Å²) in [5.41, 5.74) is 1.06. The van der Waals surface area contributed by atoms with Gasteiger partial charge in [-0.2, -0.15) is 0 Å². The Morgan fingerprint density at radius 2 is 1.88 bits per heavy atom. The van der Waals surface area contributed by atoms with Gasteiger partial charge in [-0.3, -0.25) is 9.36 Å². The van der Waals surface area contributed by atoms with Crippen LogP contribution in [0.3, 0.4) is 0 Å². The normalized spacial score (nSPS) is 11.1. The van der Waals surface area contributed by atoms with Crippen LogP contribution in [0.25, 0.3) is 16.7 Å². The Labute approximate surface area is 143 Å². The summed E-state index contributed by atoms with van der Waals surface area (Å²) in [6, 6.07) is 10.3. The third-order valence-electron chi connectivity index (χ3n) is 3.92. The van der Waals surface area contributed by atoms with E-state index in [0.29, 0.717) is 46.6 Å². The van der Waals surface area contributed by atoms with Crippen LogP contribution in [0.4, 0.5) is 0 Å². The Hall–Kier alpha value is -2.37. The molecule has 5 nitrogen and oxygen atoms in total. The quantitative estimate of drug-likeness (QED) is 0.697. The topological polar surface area (TPSA) is 75.3 Å². The SMILES string of the molecule is O=c1c(CCCCO)c(O)c2cccnc2n1-c1ccc(Cl)cc1. The van der Waals surface area contributed by atoms with Crippen molar-refractivity contribution in [3.05, 3.63) is 63.5 Å². The highest BCUT2D eigenvalue weighted by atomic mass is 35.5. The molecule has 0 bridgehead atoms. The fourth-order valence-electron chi connectivity index (χ4n) is 2.72. The van der Waals surface area contributed by atoms with E-state index in [0.717, 1.165) is 0 Å². The van der Waals surface area contributed by atoms with Gasteiger partial charge in [0.25, 0.3) is 5.56 Å². The van der Waals surface area contributed by atoms with Crippen LogP contribution in [0.2, 0.25) is 5.02 Å². The molecule has 24 heavy (non-hydrogen) atoms. The minimum absolute atomic E-state index is 0.0359. The first-order valence-corrected chi connectivity index (χ1v) is 8.09. The molecule has 2 aromatic heterocycles. The molecule has 0 radical (unpaired) electrons. The van der Waals surface area contributed by atoms with Crippen LogP contribution in [0.1, 0.15) is 18.4 Å². The fourth-order valence-corrected chi connectivity index (χ4v) is 2.85. The molecule has 0 fully saturated rings. The molecule has 0 atom stereocenters. The van der Waals surface area contributed by atoms with Crippen LogP contribution in [0, 0.1) is 0 Å². The smallest absolute Gasteiger partial charge is 0.263 e. The lowest BCUT2D eigenvalue weighted by Gasteiger charge is -2.14. The maximum absolute atomic E-state index is 13.0. The van der Waals surface area contributed by atoms with Gasteiger partial charge in [0.05, 0.1) is 16.6 Å². The van der Waals surface area contributed by atoms with Gasteiger partial charge in [0, 0.05) is 17.8 Å². The number of aliphatic hydroxyl groups is 1. The van der Waals surface area contributed by atoms with Crippen molar-refractivity contribution >= 4 is 22.6 Å². The number of rotatable bonds is 5. The third-order valence-corrected chi connectivity index (χ3v) is 4.17. The van der Waals surface area contributed by atoms with E-state index in [1.54, 1.807) is 42.6 Å². The van der Waals surface area contributed by atoms with Gasteiger partial charge < -0.3 is 10.2 Å². The largest absolute Gasteiger partial charge is 0.507 e. The molecule has 0 aliphatic rings. The lowest BCUT2D eigenvalue weighted by Crippen LogP contribution is -2.23. The molecule has 3 aromatic rings. The second-order valence-electron chi connectivity index (χ2n) is 5.50. The lowest BCUT2D eigenvalue weighted by atomic mass is 10.1. The standard InChI is InChI=1S/C18H17ClN2O3/c19-12-6-8-13(9-7-12)21-17-14(5-3-10-20-17)16(23)15(18(21)24)4-1-2-11-22/h3,5-10,22-23H,1-2,4,11H2. The van der Waals surface area contributed by atoms with Crippen LogP contribution < -0.4 is 5.56 Å². The molecular formula is C18H17ClN2O3. The molecule has 0 saturated heterocycles. The Morgan fingerprint density at radius 1 is 1.12 bits per heavy atom. The first-order chi connectivity index (χ1) is 11.6. The van der Waals surface area contributed by atoms with Gasteiger partial charge >= 0.3 is 0 Å². The Kier molecular flexibility index (Phi) is 4.83. The van der Waals surface area contributed by atoms with Crippen LogP contribution in [-0.4, -0.2) is 26.4 Å². The van der Waals surface area contributed by atoms with Crippen molar-refractivity contribution in [1.29, 1.82) is 0 Å². The van der Waals surface area contributed by atoms with E-state index in [1.807, 2.05) is 0 Å². The maximum atomic E-state index is 13.0. The first kappa shape index (κ1) is 16.5. The lowest BCUT2D eigenvalue weighted by molar-refractivity contribution is 0.284. The van der Waals surface area contributed by atoms with Gasteiger partial charge in [0.15, 0.2) is 5.65 Å². The number of fused-ring (bicyclic) bond motifs is 1. The zero-order chi connectivity index (χ0) is 17.1. The second kappa shape index (κ2) is 7.03. The average molecular weight is 345 g/mol. The van der Waals surface area contributed by atoms with Crippen LogP contribution in [0.15, 0.2) is 47.4 Å².